The first-order chi connectivity index (χ1) is 6.09. The fourth-order valence-corrected chi connectivity index (χ4v) is 2.31. The van der Waals surface area contributed by atoms with Gasteiger partial charge < -0.3 is 10.4 Å². The van der Waals surface area contributed by atoms with Crippen LogP contribution in [0, 0.1) is 5.92 Å². The molecule has 0 aliphatic carbocycles. The summed E-state index contributed by atoms with van der Waals surface area (Å²) in [5, 5.41) is 11.5. The van der Waals surface area contributed by atoms with Gasteiger partial charge in [0.25, 0.3) is 0 Å². The molecule has 1 heterocycles. The van der Waals surface area contributed by atoms with Crippen molar-refractivity contribution in [1.29, 1.82) is 0 Å². The third-order valence-electron chi connectivity index (χ3n) is 2.22. The summed E-state index contributed by atoms with van der Waals surface area (Å²) in [6, 6.07) is -0.575. The van der Waals surface area contributed by atoms with E-state index in [1.54, 1.807) is 0 Å². The van der Waals surface area contributed by atoms with Gasteiger partial charge in [-0.05, 0) is 25.3 Å². The molecular formula is C7H12NO4P. The van der Waals surface area contributed by atoms with Crippen LogP contribution in [0.25, 0.3) is 0 Å². The van der Waals surface area contributed by atoms with Crippen LogP contribution in [0.2, 0.25) is 0 Å². The molecular weight excluding hydrogens is 193 g/mol. The molecule has 0 aromatic rings. The summed E-state index contributed by atoms with van der Waals surface area (Å²) in [7, 11) is -2.38. The summed E-state index contributed by atoms with van der Waals surface area (Å²) >= 11 is 0. The summed E-state index contributed by atoms with van der Waals surface area (Å²) in [6.45, 7) is 0.588. The lowest BCUT2D eigenvalue weighted by atomic mass is 9.94. The smallest absolute Gasteiger partial charge is 0.320 e. The molecule has 6 heteroatoms. The van der Waals surface area contributed by atoms with Crippen LogP contribution in [0.3, 0.4) is 0 Å². The monoisotopic (exact) mass is 205 g/mol. The van der Waals surface area contributed by atoms with Gasteiger partial charge in [0, 0.05) is 0 Å². The summed E-state index contributed by atoms with van der Waals surface area (Å²) in [6.07, 6.45) is 1.27. The van der Waals surface area contributed by atoms with Gasteiger partial charge in [-0.2, -0.15) is 0 Å². The first-order valence-corrected chi connectivity index (χ1v) is 5.54. The van der Waals surface area contributed by atoms with Gasteiger partial charge in [0.2, 0.25) is 0 Å². The lowest BCUT2D eigenvalue weighted by Gasteiger charge is -2.25. The number of carbonyl (C=O) groups is 1. The van der Waals surface area contributed by atoms with Crippen molar-refractivity contribution >= 4 is 13.6 Å². The first-order valence-electron chi connectivity index (χ1n) is 4.17. The topological polar surface area (TPSA) is 83.5 Å². The van der Waals surface area contributed by atoms with Crippen molar-refractivity contribution in [3.05, 3.63) is 0 Å². The van der Waals surface area contributed by atoms with Crippen LogP contribution < -0.4 is 5.32 Å². The number of carboxylic acid groups (broad SMARTS) is 1. The van der Waals surface area contributed by atoms with Crippen LogP contribution in [-0.2, 0) is 13.9 Å². The fraction of sp³-hybridized carbons (Fsp3) is 0.857. The van der Waals surface area contributed by atoms with Crippen molar-refractivity contribution in [2.24, 2.45) is 5.92 Å². The van der Waals surface area contributed by atoms with Crippen LogP contribution in [0.4, 0.5) is 0 Å². The Balaban J connectivity index is 2.46. The Labute approximate surface area is 76.3 Å². The molecule has 2 N–H and O–H groups in total. The van der Waals surface area contributed by atoms with Crippen LogP contribution >= 0.6 is 7.68 Å². The molecule has 1 aliphatic rings. The zero-order valence-electron chi connectivity index (χ0n) is 7.10. The van der Waals surface area contributed by atoms with E-state index in [4.69, 9.17) is 5.11 Å². The number of aliphatic carboxylic acids is 1. The van der Waals surface area contributed by atoms with E-state index in [0.29, 0.717) is 13.0 Å². The van der Waals surface area contributed by atoms with Crippen LogP contribution in [0.15, 0.2) is 0 Å². The standard InChI is InChI=1S/C7H12NO4P/c9-7(10)6-3-5(1-2-8-6)4-13(11)12/h5-6,8H,1-4H2,(H,9,10)/t5-,6+/m0/s1. The minimum Gasteiger partial charge on any atom is -0.480 e. The number of piperidine rings is 1. The lowest BCUT2D eigenvalue weighted by molar-refractivity contribution is -0.140. The minimum absolute atomic E-state index is 0.00320. The van der Waals surface area contributed by atoms with Crippen molar-refractivity contribution in [1.82, 2.24) is 5.32 Å². The molecule has 1 aliphatic heterocycles. The second-order valence-corrected chi connectivity index (χ2v) is 4.28. The molecule has 1 saturated heterocycles. The second-order valence-electron chi connectivity index (χ2n) is 3.25. The minimum atomic E-state index is -2.38. The van der Waals surface area contributed by atoms with Gasteiger partial charge in [-0.1, -0.05) is 0 Å². The highest BCUT2D eigenvalue weighted by Crippen LogP contribution is 2.22. The maximum absolute atomic E-state index is 10.6. The Kier molecular flexibility index (Phi) is 3.63. The SMILES string of the molecule is O=C(O)[C@H]1C[C@@H](CP(=O)=O)CCN1. The van der Waals surface area contributed by atoms with Crippen molar-refractivity contribution in [2.45, 2.75) is 18.9 Å². The maximum Gasteiger partial charge on any atom is 0.320 e. The average Bonchev–Trinajstić information content (AvgIpc) is 2.03. The normalized spacial score (nSPS) is 28.3. The Morgan fingerprint density at radius 2 is 2.23 bits per heavy atom. The van der Waals surface area contributed by atoms with Gasteiger partial charge in [0.15, 0.2) is 0 Å². The highest BCUT2D eigenvalue weighted by molar-refractivity contribution is 7.30. The third-order valence-corrected chi connectivity index (χ3v) is 3.03. The third kappa shape index (κ3) is 3.28. The van der Waals surface area contributed by atoms with Crippen molar-refractivity contribution in [2.75, 3.05) is 12.7 Å². The highest BCUT2D eigenvalue weighted by Gasteiger charge is 2.27. The molecule has 1 rings (SSSR count). The molecule has 0 aromatic heterocycles. The molecule has 0 aromatic carbocycles. The number of hydrogen-bond donors (Lipinski definition) is 2. The number of carboxylic acids is 1. The predicted molar refractivity (Wildman–Crippen MR) is 45.3 cm³/mol. The highest BCUT2D eigenvalue weighted by atomic mass is 31.1. The van der Waals surface area contributed by atoms with E-state index in [0.717, 1.165) is 6.42 Å². The quantitative estimate of drug-likeness (QED) is 0.659. The summed E-state index contributed by atoms with van der Waals surface area (Å²) in [4.78, 5) is 10.6. The van der Waals surface area contributed by atoms with Crippen molar-refractivity contribution < 1.29 is 19.0 Å². The lowest BCUT2D eigenvalue weighted by Crippen LogP contribution is -2.43. The second kappa shape index (κ2) is 4.53. The Morgan fingerprint density at radius 1 is 1.54 bits per heavy atom. The van der Waals surface area contributed by atoms with E-state index in [2.05, 4.69) is 5.32 Å². The molecule has 0 amide bonds. The largest absolute Gasteiger partial charge is 0.480 e. The molecule has 5 nitrogen and oxygen atoms in total. The maximum atomic E-state index is 10.6. The van der Waals surface area contributed by atoms with Gasteiger partial charge in [-0.15, -0.1) is 0 Å². The summed E-state index contributed by atoms with van der Waals surface area (Å²) in [5.41, 5.74) is 0. The van der Waals surface area contributed by atoms with Crippen LogP contribution in [0.1, 0.15) is 12.8 Å². The van der Waals surface area contributed by atoms with Gasteiger partial charge >= 0.3 is 13.6 Å². The zero-order chi connectivity index (χ0) is 9.84. The van der Waals surface area contributed by atoms with Gasteiger partial charge in [-0.3, -0.25) is 4.79 Å². The Hall–Kier alpha value is -0.670. The van der Waals surface area contributed by atoms with Gasteiger partial charge in [0.1, 0.15) is 6.04 Å². The van der Waals surface area contributed by atoms with E-state index >= 15 is 0 Å². The molecule has 1 fully saturated rings. The Morgan fingerprint density at radius 3 is 2.77 bits per heavy atom. The molecule has 13 heavy (non-hydrogen) atoms. The van der Waals surface area contributed by atoms with Gasteiger partial charge in [0.05, 0.1) is 6.16 Å². The molecule has 0 saturated carbocycles. The van der Waals surface area contributed by atoms with Crippen LogP contribution in [-0.4, -0.2) is 29.8 Å². The van der Waals surface area contributed by atoms with Gasteiger partial charge in [-0.25, -0.2) is 9.13 Å². The van der Waals surface area contributed by atoms with E-state index in [1.165, 1.54) is 0 Å². The molecule has 2 atom stereocenters. The predicted octanol–water partition coefficient (Wildman–Crippen LogP) is 0.612. The van der Waals surface area contributed by atoms with E-state index in [-0.39, 0.29) is 12.1 Å². The average molecular weight is 205 g/mol. The van der Waals surface area contributed by atoms with E-state index in [1.807, 2.05) is 0 Å². The summed E-state index contributed by atoms with van der Waals surface area (Å²) in [5.74, 6) is -0.894. The fourth-order valence-electron chi connectivity index (χ4n) is 1.56. The first kappa shape index (κ1) is 10.4. The zero-order valence-corrected chi connectivity index (χ0v) is 8.00. The van der Waals surface area contributed by atoms with E-state index in [9.17, 15) is 13.9 Å². The molecule has 0 spiro atoms. The molecule has 74 valence electrons. The number of nitrogens with one attached hydrogen (secondary N) is 1. The molecule has 0 unspecified atom stereocenters. The van der Waals surface area contributed by atoms with Crippen molar-refractivity contribution in [3.8, 4) is 0 Å². The van der Waals surface area contributed by atoms with Crippen molar-refractivity contribution in [3.63, 3.8) is 0 Å². The van der Waals surface area contributed by atoms with E-state index < -0.39 is 19.7 Å². The van der Waals surface area contributed by atoms with Crippen LogP contribution in [0.5, 0.6) is 0 Å². The summed E-state index contributed by atoms with van der Waals surface area (Å²) < 4.78 is 20.8. The molecule has 0 radical (unpaired) electrons. The Bertz CT molecular complexity index is 255. The molecule has 0 bridgehead atoms. The number of rotatable bonds is 3. The number of hydrogen-bond acceptors (Lipinski definition) is 4.